The molecule has 1 aromatic rings. The number of hydrogen-bond acceptors (Lipinski definition) is 4. The Morgan fingerprint density at radius 1 is 1.32 bits per heavy atom. The standard InChI is InChI=1S/C14H16N4O/c15-10-12-2-1-5-16-13(12)17-6-8-18(9-7-17)14(19)11-3-4-11/h1-2,5,11H,3-4,6-9H2. The van der Waals surface area contributed by atoms with Crippen molar-refractivity contribution in [2.45, 2.75) is 12.8 Å². The molecule has 0 N–H and O–H groups in total. The molecule has 2 heterocycles. The molecule has 3 rings (SSSR count). The van der Waals surface area contributed by atoms with Gasteiger partial charge in [0.05, 0.1) is 5.56 Å². The first kappa shape index (κ1) is 12.0. The van der Waals surface area contributed by atoms with Gasteiger partial charge in [-0.15, -0.1) is 0 Å². The van der Waals surface area contributed by atoms with E-state index in [0.717, 1.165) is 44.8 Å². The van der Waals surface area contributed by atoms with Crippen LogP contribution in [0.1, 0.15) is 18.4 Å². The highest BCUT2D eigenvalue weighted by molar-refractivity contribution is 5.81. The highest BCUT2D eigenvalue weighted by Gasteiger charge is 2.34. The van der Waals surface area contributed by atoms with Gasteiger partial charge in [0.15, 0.2) is 0 Å². The maximum atomic E-state index is 12.0. The Kier molecular flexibility index (Phi) is 3.08. The van der Waals surface area contributed by atoms with E-state index in [-0.39, 0.29) is 5.92 Å². The third kappa shape index (κ3) is 2.39. The summed E-state index contributed by atoms with van der Waals surface area (Å²) in [6.45, 7) is 2.97. The first-order chi connectivity index (χ1) is 9.29. The Bertz CT molecular complexity index is 524. The van der Waals surface area contributed by atoms with E-state index >= 15 is 0 Å². The summed E-state index contributed by atoms with van der Waals surface area (Å²) in [4.78, 5) is 20.3. The van der Waals surface area contributed by atoms with Crippen molar-refractivity contribution in [3.8, 4) is 6.07 Å². The van der Waals surface area contributed by atoms with Crippen LogP contribution >= 0.6 is 0 Å². The number of carbonyl (C=O) groups excluding carboxylic acids is 1. The quantitative estimate of drug-likeness (QED) is 0.792. The van der Waals surface area contributed by atoms with Gasteiger partial charge in [-0.25, -0.2) is 4.98 Å². The van der Waals surface area contributed by atoms with E-state index in [9.17, 15) is 4.79 Å². The summed E-state index contributed by atoms with van der Waals surface area (Å²) in [6.07, 6.45) is 3.81. The van der Waals surface area contributed by atoms with E-state index in [1.54, 1.807) is 18.3 Å². The number of rotatable bonds is 2. The molecule has 1 aliphatic carbocycles. The summed E-state index contributed by atoms with van der Waals surface area (Å²) in [7, 11) is 0. The highest BCUT2D eigenvalue weighted by Crippen LogP contribution is 2.31. The van der Waals surface area contributed by atoms with Gasteiger partial charge in [-0.3, -0.25) is 4.79 Å². The zero-order valence-electron chi connectivity index (χ0n) is 10.7. The molecular formula is C14H16N4O. The van der Waals surface area contributed by atoms with E-state index < -0.39 is 0 Å². The fourth-order valence-corrected chi connectivity index (χ4v) is 2.46. The van der Waals surface area contributed by atoms with Crippen molar-refractivity contribution in [2.24, 2.45) is 5.92 Å². The van der Waals surface area contributed by atoms with E-state index in [4.69, 9.17) is 5.26 Å². The number of pyridine rings is 1. The highest BCUT2D eigenvalue weighted by atomic mass is 16.2. The van der Waals surface area contributed by atoms with Gasteiger partial charge in [0.2, 0.25) is 5.91 Å². The lowest BCUT2D eigenvalue weighted by molar-refractivity contribution is -0.132. The number of amides is 1. The molecular weight excluding hydrogens is 240 g/mol. The van der Waals surface area contributed by atoms with Crippen molar-refractivity contribution in [3.05, 3.63) is 23.9 Å². The SMILES string of the molecule is N#Cc1cccnc1N1CCN(C(=O)C2CC2)CC1. The molecule has 1 amide bonds. The monoisotopic (exact) mass is 256 g/mol. The molecule has 1 aromatic heterocycles. The molecule has 19 heavy (non-hydrogen) atoms. The normalized spacial score (nSPS) is 19.1. The number of hydrogen-bond donors (Lipinski definition) is 0. The van der Waals surface area contributed by atoms with Crippen LogP contribution in [0.5, 0.6) is 0 Å². The molecule has 5 heteroatoms. The van der Waals surface area contributed by atoms with Crippen LogP contribution in [0.3, 0.4) is 0 Å². The van der Waals surface area contributed by atoms with Crippen molar-refractivity contribution < 1.29 is 4.79 Å². The predicted octanol–water partition coefficient (Wildman–Crippen LogP) is 1.01. The average molecular weight is 256 g/mol. The molecule has 2 fully saturated rings. The Morgan fingerprint density at radius 2 is 2.05 bits per heavy atom. The first-order valence-corrected chi connectivity index (χ1v) is 6.68. The summed E-state index contributed by atoms with van der Waals surface area (Å²) in [5.74, 6) is 1.33. The molecule has 0 aromatic carbocycles. The first-order valence-electron chi connectivity index (χ1n) is 6.68. The van der Waals surface area contributed by atoms with Crippen LogP contribution in [0.2, 0.25) is 0 Å². The average Bonchev–Trinajstić information content (AvgIpc) is 3.31. The second-order valence-electron chi connectivity index (χ2n) is 5.07. The summed E-state index contributed by atoms with van der Waals surface area (Å²) >= 11 is 0. The molecule has 1 saturated heterocycles. The Morgan fingerprint density at radius 3 is 2.68 bits per heavy atom. The lowest BCUT2D eigenvalue weighted by atomic mass is 10.2. The van der Waals surface area contributed by atoms with Gasteiger partial charge in [0.25, 0.3) is 0 Å². The molecule has 0 atom stereocenters. The summed E-state index contributed by atoms with van der Waals surface area (Å²) in [6, 6.07) is 5.72. The molecule has 0 bridgehead atoms. The molecule has 1 saturated carbocycles. The van der Waals surface area contributed by atoms with Crippen LogP contribution in [0.4, 0.5) is 5.82 Å². The van der Waals surface area contributed by atoms with Gasteiger partial charge < -0.3 is 9.80 Å². The second kappa shape index (κ2) is 4.88. The van der Waals surface area contributed by atoms with Gasteiger partial charge in [-0.1, -0.05) is 0 Å². The minimum absolute atomic E-state index is 0.288. The summed E-state index contributed by atoms with van der Waals surface area (Å²) in [5, 5.41) is 9.09. The van der Waals surface area contributed by atoms with Crippen LogP contribution < -0.4 is 4.90 Å². The van der Waals surface area contributed by atoms with Crippen molar-refractivity contribution >= 4 is 11.7 Å². The Balaban J connectivity index is 1.66. The molecule has 0 radical (unpaired) electrons. The lowest BCUT2D eigenvalue weighted by Crippen LogP contribution is -2.49. The molecule has 0 spiro atoms. The van der Waals surface area contributed by atoms with Crippen molar-refractivity contribution in [1.29, 1.82) is 5.26 Å². The number of carbonyl (C=O) groups is 1. The maximum absolute atomic E-state index is 12.0. The van der Waals surface area contributed by atoms with Crippen molar-refractivity contribution in [1.82, 2.24) is 9.88 Å². The third-order valence-corrected chi connectivity index (χ3v) is 3.72. The summed E-state index contributed by atoms with van der Waals surface area (Å²) < 4.78 is 0. The van der Waals surface area contributed by atoms with Gasteiger partial charge >= 0.3 is 0 Å². The van der Waals surface area contributed by atoms with Crippen LogP contribution in [0.25, 0.3) is 0 Å². The molecule has 98 valence electrons. The van der Waals surface area contributed by atoms with Gasteiger partial charge in [0, 0.05) is 38.3 Å². The molecule has 0 unspecified atom stereocenters. The van der Waals surface area contributed by atoms with Crippen molar-refractivity contribution in [2.75, 3.05) is 31.1 Å². The van der Waals surface area contributed by atoms with Gasteiger partial charge in [0.1, 0.15) is 11.9 Å². The number of aromatic nitrogens is 1. The van der Waals surface area contributed by atoms with Crippen LogP contribution in [0.15, 0.2) is 18.3 Å². The van der Waals surface area contributed by atoms with E-state index in [2.05, 4.69) is 16.0 Å². The minimum atomic E-state index is 0.288. The smallest absolute Gasteiger partial charge is 0.225 e. The summed E-state index contributed by atoms with van der Waals surface area (Å²) in [5.41, 5.74) is 0.601. The van der Waals surface area contributed by atoms with Crippen LogP contribution in [0, 0.1) is 17.2 Å². The number of anilines is 1. The van der Waals surface area contributed by atoms with Crippen LogP contribution in [-0.2, 0) is 4.79 Å². The topological polar surface area (TPSA) is 60.2 Å². The maximum Gasteiger partial charge on any atom is 0.225 e. The van der Waals surface area contributed by atoms with E-state index in [0.29, 0.717) is 11.5 Å². The third-order valence-electron chi connectivity index (χ3n) is 3.72. The molecule has 5 nitrogen and oxygen atoms in total. The fraction of sp³-hybridized carbons (Fsp3) is 0.500. The molecule has 2 aliphatic rings. The van der Waals surface area contributed by atoms with Crippen molar-refractivity contribution in [3.63, 3.8) is 0 Å². The van der Waals surface area contributed by atoms with Crippen LogP contribution in [-0.4, -0.2) is 42.0 Å². The zero-order chi connectivity index (χ0) is 13.2. The Labute approximate surface area is 112 Å². The molecule has 1 aliphatic heterocycles. The van der Waals surface area contributed by atoms with Gasteiger partial charge in [-0.05, 0) is 25.0 Å². The van der Waals surface area contributed by atoms with E-state index in [1.807, 2.05) is 4.90 Å². The predicted molar refractivity (Wildman–Crippen MR) is 70.5 cm³/mol. The number of piperazine rings is 1. The van der Waals surface area contributed by atoms with E-state index in [1.165, 1.54) is 0 Å². The Hall–Kier alpha value is -2.09. The minimum Gasteiger partial charge on any atom is -0.352 e. The van der Waals surface area contributed by atoms with Gasteiger partial charge in [-0.2, -0.15) is 5.26 Å². The number of nitrogens with zero attached hydrogens (tertiary/aromatic N) is 4. The fourth-order valence-electron chi connectivity index (χ4n) is 2.46. The lowest BCUT2D eigenvalue weighted by Gasteiger charge is -2.35. The zero-order valence-corrected chi connectivity index (χ0v) is 10.7. The number of nitriles is 1. The largest absolute Gasteiger partial charge is 0.352 e. The second-order valence-corrected chi connectivity index (χ2v) is 5.07.